The summed E-state index contributed by atoms with van der Waals surface area (Å²) in [5, 5.41) is 1.20. The Balaban J connectivity index is 2.25. The van der Waals surface area contributed by atoms with Gasteiger partial charge in [0.1, 0.15) is 5.03 Å². The van der Waals surface area contributed by atoms with E-state index in [0.717, 1.165) is 9.50 Å². The van der Waals surface area contributed by atoms with E-state index in [1.807, 2.05) is 26.0 Å². The van der Waals surface area contributed by atoms with Crippen molar-refractivity contribution in [2.24, 2.45) is 0 Å². The van der Waals surface area contributed by atoms with Gasteiger partial charge in [0.2, 0.25) is 11.1 Å². The minimum Gasteiger partial charge on any atom is -0.461 e. The summed E-state index contributed by atoms with van der Waals surface area (Å²) in [4.78, 5) is 16.4. The molecule has 100 valence electrons. The number of rotatable bonds is 4. The Morgan fingerprint density at radius 3 is 2.79 bits per heavy atom. The summed E-state index contributed by atoms with van der Waals surface area (Å²) >= 11 is 4.70. The maximum Gasteiger partial charge on any atom is 0.322 e. The zero-order chi connectivity index (χ0) is 13.8. The van der Waals surface area contributed by atoms with Gasteiger partial charge in [-0.1, -0.05) is 0 Å². The highest BCUT2D eigenvalue weighted by molar-refractivity contribution is 9.10. The number of anilines is 1. The van der Waals surface area contributed by atoms with E-state index in [-0.39, 0.29) is 18.1 Å². The van der Waals surface area contributed by atoms with Crippen LogP contribution in [0, 0.1) is 0 Å². The fourth-order valence-corrected chi connectivity index (χ4v) is 2.41. The number of nitrogens with zero attached hydrogens (tertiary/aromatic N) is 4. The van der Waals surface area contributed by atoms with E-state index < -0.39 is 0 Å². The first kappa shape index (κ1) is 14.0. The molecule has 0 amide bonds. The minimum absolute atomic E-state index is 0.0266. The van der Waals surface area contributed by atoms with Crippen LogP contribution in [-0.2, 0) is 0 Å². The third-order valence-corrected chi connectivity index (χ3v) is 3.65. The Hall–Kier alpha value is -1.41. The van der Waals surface area contributed by atoms with Crippen LogP contribution < -0.4 is 10.5 Å². The third kappa shape index (κ3) is 4.03. The molecule has 0 saturated heterocycles. The van der Waals surface area contributed by atoms with Gasteiger partial charge in [0.25, 0.3) is 0 Å². The molecule has 2 rings (SSSR count). The molecule has 2 N–H and O–H groups in total. The summed E-state index contributed by atoms with van der Waals surface area (Å²) in [6, 6.07) is 3.95. The van der Waals surface area contributed by atoms with Crippen LogP contribution in [0.25, 0.3) is 0 Å². The van der Waals surface area contributed by atoms with Gasteiger partial charge in [0, 0.05) is 6.20 Å². The summed E-state index contributed by atoms with van der Waals surface area (Å²) in [5.74, 6) is 0.125. The zero-order valence-electron chi connectivity index (χ0n) is 10.4. The predicted molar refractivity (Wildman–Crippen MR) is 76.1 cm³/mol. The van der Waals surface area contributed by atoms with Crippen molar-refractivity contribution >= 4 is 33.6 Å². The average Bonchev–Trinajstić information content (AvgIpc) is 2.30. The van der Waals surface area contributed by atoms with Crippen LogP contribution in [0.1, 0.15) is 13.8 Å². The lowest BCUT2D eigenvalue weighted by Gasteiger charge is -2.08. The van der Waals surface area contributed by atoms with Crippen molar-refractivity contribution < 1.29 is 4.74 Å². The van der Waals surface area contributed by atoms with Gasteiger partial charge >= 0.3 is 6.01 Å². The van der Waals surface area contributed by atoms with E-state index in [1.54, 1.807) is 6.20 Å². The number of aromatic nitrogens is 4. The zero-order valence-corrected chi connectivity index (χ0v) is 12.8. The second-order valence-electron chi connectivity index (χ2n) is 3.82. The Labute approximate surface area is 123 Å². The number of nitrogen functional groups attached to an aromatic ring is 1. The smallest absolute Gasteiger partial charge is 0.322 e. The van der Waals surface area contributed by atoms with Gasteiger partial charge < -0.3 is 10.5 Å². The summed E-state index contributed by atoms with van der Waals surface area (Å²) in [7, 11) is 0. The summed E-state index contributed by atoms with van der Waals surface area (Å²) in [6.45, 7) is 3.78. The van der Waals surface area contributed by atoms with Crippen LogP contribution in [-0.4, -0.2) is 26.0 Å². The van der Waals surface area contributed by atoms with Gasteiger partial charge in [0.05, 0.1) is 10.6 Å². The maximum absolute atomic E-state index is 5.64. The van der Waals surface area contributed by atoms with Crippen molar-refractivity contribution in [3.05, 3.63) is 22.8 Å². The first-order valence-corrected chi connectivity index (χ1v) is 7.12. The molecule has 0 aromatic carbocycles. The largest absolute Gasteiger partial charge is 0.461 e. The molecule has 6 nitrogen and oxygen atoms in total. The minimum atomic E-state index is -0.0266. The second kappa shape index (κ2) is 6.16. The van der Waals surface area contributed by atoms with E-state index in [0.29, 0.717) is 5.16 Å². The molecule has 0 atom stereocenters. The maximum atomic E-state index is 5.64. The van der Waals surface area contributed by atoms with Crippen LogP contribution in [0.5, 0.6) is 6.01 Å². The molecule has 0 unspecified atom stereocenters. The third-order valence-electron chi connectivity index (χ3n) is 1.87. The monoisotopic (exact) mass is 341 g/mol. The lowest BCUT2D eigenvalue weighted by atomic mass is 10.5. The fourth-order valence-electron chi connectivity index (χ4n) is 1.19. The first-order chi connectivity index (χ1) is 9.04. The molecule has 2 heterocycles. The molecule has 2 aromatic heterocycles. The van der Waals surface area contributed by atoms with E-state index in [9.17, 15) is 0 Å². The van der Waals surface area contributed by atoms with Gasteiger partial charge in [-0.15, -0.1) is 0 Å². The van der Waals surface area contributed by atoms with Gasteiger partial charge in [-0.05, 0) is 53.7 Å². The summed E-state index contributed by atoms with van der Waals surface area (Å²) < 4.78 is 6.28. The van der Waals surface area contributed by atoms with Gasteiger partial charge in [-0.3, -0.25) is 0 Å². The van der Waals surface area contributed by atoms with E-state index in [4.69, 9.17) is 10.5 Å². The number of hydrogen-bond acceptors (Lipinski definition) is 7. The second-order valence-corrected chi connectivity index (χ2v) is 5.63. The number of halogens is 1. The molecule has 0 fully saturated rings. The van der Waals surface area contributed by atoms with Crippen molar-refractivity contribution in [3.8, 4) is 6.01 Å². The molecule has 0 saturated carbocycles. The lowest BCUT2D eigenvalue weighted by molar-refractivity contribution is 0.219. The standard InChI is InChI=1S/C11H12BrN5OS/c1-6(2)18-10-15-9(13)16-11(17-10)19-8-7(12)4-3-5-14-8/h3-6H,1-2H3,(H2,13,15,16,17). The average molecular weight is 342 g/mol. The highest BCUT2D eigenvalue weighted by Gasteiger charge is 2.11. The van der Waals surface area contributed by atoms with Crippen molar-refractivity contribution in [2.75, 3.05) is 5.73 Å². The number of ether oxygens (including phenoxy) is 1. The van der Waals surface area contributed by atoms with Crippen molar-refractivity contribution in [1.29, 1.82) is 0 Å². The predicted octanol–water partition coefficient (Wildman–Crippen LogP) is 2.55. The van der Waals surface area contributed by atoms with Crippen LogP contribution in [0.4, 0.5) is 5.95 Å². The molecule has 19 heavy (non-hydrogen) atoms. The molecular weight excluding hydrogens is 330 g/mol. The molecule has 8 heteroatoms. The fraction of sp³-hybridized carbons (Fsp3) is 0.273. The van der Waals surface area contributed by atoms with Crippen LogP contribution >= 0.6 is 27.7 Å². The molecule has 0 radical (unpaired) electrons. The number of nitrogens with two attached hydrogens (primary N) is 1. The topological polar surface area (TPSA) is 86.8 Å². The Kier molecular flexibility index (Phi) is 4.54. The first-order valence-electron chi connectivity index (χ1n) is 5.51. The quantitative estimate of drug-likeness (QED) is 0.914. The highest BCUT2D eigenvalue weighted by atomic mass is 79.9. The van der Waals surface area contributed by atoms with Crippen molar-refractivity contribution in [1.82, 2.24) is 19.9 Å². The van der Waals surface area contributed by atoms with Gasteiger partial charge in [0.15, 0.2) is 0 Å². The van der Waals surface area contributed by atoms with Crippen LogP contribution in [0.2, 0.25) is 0 Å². The summed E-state index contributed by atoms with van der Waals surface area (Å²) in [5.41, 5.74) is 5.64. The molecule has 0 aliphatic rings. The van der Waals surface area contributed by atoms with E-state index in [1.165, 1.54) is 11.8 Å². The van der Waals surface area contributed by atoms with Crippen molar-refractivity contribution in [3.63, 3.8) is 0 Å². The van der Waals surface area contributed by atoms with Crippen LogP contribution in [0.3, 0.4) is 0 Å². The number of pyridine rings is 1. The summed E-state index contributed by atoms with van der Waals surface area (Å²) in [6.07, 6.45) is 1.67. The SMILES string of the molecule is CC(C)Oc1nc(N)nc(Sc2ncccc2Br)n1. The Morgan fingerprint density at radius 2 is 2.11 bits per heavy atom. The molecule has 0 bridgehead atoms. The lowest BCUT2D eigenvalue weighted by Crippen LogP contribution is -2.10. The van der Waals surface area contributed by atoms with Gasteiger partial charge in [-0.2, -0.15) is 15.0 Å². The van der Waals surface area contributed by atoms with E-state index in [2.05, 4.69) is 35.9 Å². The Bertz CT molecular complexity index is 581. The molecule has 0 spiro atoms. The molecular formula is C11H12BrN5OS. The molecule has 0 aliphatic heterocycles. The molecule has 0 aliphatic carbocycles. The molecule has 2 aromatic rings. The normalized spacial score (nSPS) is 10.7. The van der Waals surface area contributed by atoms with Crippen LogP contribution in [0.15, 0.2) is 33.0 Å². The van der Waals surface area contributed by atoms with Gasteiger partial charge in [-0.25, -0.2) is 4.98 Å². The van der Waals surface area contributed by atoms with E-state index >= 15 is 0 Å². The number of hydrogen-bond donors (Lipinski definition) is 1. The highest BCUT2D eigenvalue weighted by Crippen LogP contribution is 2.30. The Morgan fingerprint density at radius 1 is 1.32 bits per heavy atom. The van der Waals surface area contributed by atoms with Crippen molar-refractivity contribution in [2.45, 2.75) is 30.1 Å².